The van der Waals surface area contributed by atoms with Crippen LogP contribution in [-0.4, -0.2) is 50.1 Å². The molecule has 1 aliphatic rings. The van der Waals surface area contributed by atoms with Gasteiger partial charge in [0.25, 0.3) is 0 Å². The van der Waals surface area contributed by atoms with Crippen LogP contribution in [0.15, 0.2) is 24.3 Å². The zero-order valence-electron chi connectivity index (χ0n) is 12.4. The van der Waals surface area contributed by atoms with E-state index in [1.54, 1.807) is 21.9 Å². The number of amides is 2. The zero-order valence-corrected chi connectivity index (χ0v) is 13.2. The summed E-state index contributed by atoms with van der Waals surface area (Å²) in [6.07, 6.45) is -0.367. The summed E-state index contributed by atoms with van der Waals surface area (Å²) in [5.41, 5.74) is 0.858. The van der Waals surface area contributed by atoms with Gasteiger partial charge in [-0.1, -0.05) is 11.6 Å². The number of hydrogen-bond donors (Lipinski definition) is 0. The van der Waals surface area contributed by atoms with Crippen molar-refractivity contribution < 1.29 is 14.3 Å². The summed E-state index contributed by atoms with van der Waals surface area (Å²) in [5.74, 6) is 0. The molecule has 1 heterocycles. The Balaban J connectivity index is 1.98. The molecule has 0 aromatic heterocycles. The minimum absolute atomic E-state index is 0.0262. The predicted octanol–water partition coefficient (Wildman–Crippen LogP) is 2.98. The van der Waals surface area contributed by atoms with Gasteiger partial charge in [0.1, 0.15) is 0 Å². The van der Waals surface area contributed by atoms with Crippen LogP contribution in [0.25, 0.3) is 0 Å². The van der Waals surface area contributed by atoms with E-state index in [0.29, 0.717) is 37.9 Å². The van der Waals surface area contributed by atoms with E-state index in [2.05, 4.69) is 0 Å². The predicted molar refractivity (Wildman–Crippen MR) is 82.8 cm³/mol. The molecule has 0 radical (unpaired) electrons. The van der Waals surface area contributed by atoms with E-state index < -0.39 is 0 Å². The van der Waals surface area contributed by atoms with Crippen molar-refractivity contribution in [2.75, 3.05) is 37.7 Å². The molecule has 2 rings (SSSR count). The average molecular weight is 313 g/mol. The summed E-state index contributed by atoms with van der Waals surface area (Å²) in [5, 5.41) is 0.662. The number of hydrogen-bond acceptors (Lipinski definition) is 3. The minimum atomic E-state index is -0.367. The van der Waals surface area contributed by atoms with Gasteiger partial charge in [-0.05, 0) is 38.1 Å². The molecule has 21 heavy (non-hydrogen) atoms. The Morgan fingerprint density at radius 3 is 2.33 bits per heavy atom. The van der Waals surface area contributed by atoms with Crippen LogP contribution in [0.2, 0.25) is 5.02 Å². The molecule has 6 heteroatoms. The molecule has 0 N–H and O–H groups in total. The van der Waals surface area contributed by atoms with Gasteiger partial charge in [0.15, 0.2) is 6.29 Å². The summed E-state index contributed by atoms with van der Waals surface area (Å²) in [6.45, 7) is 6.73. The van der Waals surface area contributed by atoms with E-state index in [1.165, 1.54) is 0 Å². The van der Waals surface area contributed by atoms with Crippen LogP contribution in [0.1, 0.15) is 13.8 Å². The quantitative estimate of drug-likeness (QED) is 0.727. The van der Waals surface area contributed by atoms with Crippen molar-refractivity contribution in [3.8, 4) is 0 Å². The van der Waals surface area contributed by atoms with E-state index in [-0.39, 0.29) is 12.3 Å². The Kier molecular flexibility index (Phi) is 5.85. The summed E-state index contributed by atoms with van der Waals surface area (Å²) in [7, 11) is 0. The molecule has 5 nitrogen and oxygen atoms in total. The number of carbonyl (C=O) groups excluding carboxylic acids is 1. The molecular formula is C15H21ClN2O3. The molecule has 0 spiro atoms. The van der Waals surface area contributed by atoms with Crippen LogP contribution < -0.4 is 4.90 Å². The fraction of sp³-hybridized carbons (Fsp3) is 0.533. The third-order valence-corrected chi connectivity index (χ3v) is 3.56. The molecule has 1 aromatic carbocycles. The van der Waals surface area contributed by atoms with Crippen LogP contribution in [0.5, 0.6) is 0 Å². The van der Waals surface area contributed by atoms with Gasteiger partial charge in [-0.3, -0.25) is 4.90 Å². The molecule has 1 saturated heterocycles. The van der Waals surface area contributed by atoms with Crippen LogP contribution in [0.3, 0.4) is 0 Å². The third-order valence-electron chi connectivity index (χ3n) is 3.31. The number of ether oxygens (including phenoxy) is 2. The first-order valence-electron chi connectivity index (χ1n) is 7.21. The van der Waals surface area contributed by atoms with Gasteiger partial charge in [-0.25, -0.2) is 4.79 Å². The number of rotatable bonds is 7. The molecule has 1 aliphatic heterocycles. The molecule has 0 saturated carbocycles. The van der Waals surface area contributed by atoms with Crippen LogP contribution in [0, 0.1) is 0 Å². The molecule has 1 fully saturated rings. The van der Waals surface area contributed by atoms with Gasteiger partial charge in [0, 0.05) is 37.0 Å². The summed E-state index contributed by atoms with van der Waals surface area (Å²) in [6, 6.07) is 7.26. The molecule has 0 atom stereocenters. The first-order chi connectivity index (χ1) is 10.2. The van der Waals surface area contributed by atoms with Crippen molar-refractivity contribution >= 4 is 23.3 Å². The molecular weight excluding hydrogens is 292 g/mol. The highest BCUT2D eigenvalue weighted by molar-refractivity contribution is 6.30. The number of benzene rings is 1. The van der Waals surface area contributed by atoms with E-state index in [1.807, 2.05) is 26.0 Å². The Labute approximate surface area is 130 Å². The number of carbonyl (C=O) groups is 1. The first kappa shape index (κ1) is 16.1. The largest absolute Gasteiger partial charge is 0.351 e. The summed E-state index contributed by atoms with van der Waals surface area (Å²) < 4.78 is 11.0. The second-order valence-electron chi connectivity index (χ2n) is 4.70. The normalized spacial score (nSPS) is 15.3. The monoisotopic (exact) mass is 312 g/mol. The Hall–Kier alpha value is -1.30. The minimum Gasteiger partial charge on any atom is -0.351 e. The molecule has 0 unspecified atom stereocenters. The molecule has 0 bridgehead atoms. The summed E-state index contributed by atoms with van der Waals surface area (Å²) in [4.78, 5) is 15.9. The lowest BCUT2D eigenvalue weighted by Gasteiger charge is -2.24. The molecule has 0 aliphatic carbocycles. The maximum Gasteiger partial charge on any atom is 0.324 e. The number of urea groups is 1. The Morgan fingerprint density at radius 2 is 1.76 bits per heavy atom. The first-order valence-corrected chi connectivity index (χ1v) is 7.58. The van der Waals surface area contributed by atoms with Gasteiger partial charge >= 0.3 is 6.03 Å². The van der Waals surface area contributed by atoms with E-state index >= 15 is 0 Å². The van der Waals surface area contributed by atoms with Gasteiger partial charge in [-0.2, -0.15) is 0 Å². The van der Waals surface area contributed by atoms with Crippen molar-refractivity contribution in [1.82, 2.24) is 4.90 Å². The standard InChI is InChI=1S/C15H21ClN2O3/c1-3-20-14(21-4-2)11-17-9-10-18(15(17)19)13-7-5-12(16)6-8-13/h5-8,14H,3-4,9-11H2,1-2H3. The number of anilines is 1. The topological polar surface area (TPSA) is 42.0 Å². The highest BCUT2D eigenvalue weighted by Crippen LogP contribution is 2.22. The van der Waals surface area contributed by atoms with Crippen molar-refractivity contribution in [2.24, 2.45) is 0 Å². The van der Waals surface area contributed by atoms with Crippen molar-refractivity contribution in [3.05, 3.63) is 29.3 Å². The second kappa shape index (κ2) is 7.64. The third kappa shape index (κ3) is 4.09. The highest BCUT2D eigenvalue weighted by atomic mass is 35.5. The van der Waals surface area contributed by atoms with Crippen molar-refractivity contribution in [2.45, 2.75) is 20.1 Å². The van der Waals surface area contributed by atoms with Gasteiger partial charge in [0.05, 0.1) is 6.54 Å². The Morgan fingerprint density at radius 1 is 1.14 bits per heavy atom. The van der Waals surface area contributed by atoms with E-state index in [9.17, 15) is 4.79 Å². The van der Waals surface area contributed by atoms with Crippen LogP contribution in [-0.2, 0) is 9.47 Å². The maximum absolute atomic E-state index is 12.4. The van der Waals surface area contributed by atoms with Crippen molar-refractivity contribution in [3.63, 3.8) is 0 Å². The molecule has 116 valence electrons. The second-order valence-corrected chi connectivity index (χ2v) is 5.13. The van der Waals surface area contributed by atoms with Gasteiger partial charge in [-0.15, -0.1) is 0 Å². The van der Waals surface area contributed by atoms with E-state index in [4.69, 9.17) is 21.1 Å². The lowest BCUT2D eigenvalue weighted by atomic mass is 10.3. The zero-order chi connectivity index (χ0) is 15.2. The van der Waals surface area contributed by atoms with Gasteiger partial charge in [0.2, 0.25) is 0 Å². The molecule has 2 amide bonds. The lowest BCUT2D eigenvalue weighted by Crippen LogP contribution is -2.39. The van der Waals surface area contributed by atoms with Gasteiger partial charge < -0.3 is 14.4 Å². The van der Waals surface area contributed by atoms with E-state index in [0.717, 1.165) is 5.69 Å². The summed E-state index contributed by atoms with van der Waals surface area (Å²) >= 11 is 5.87. The molecule has 1 aromatic rings. The van der Waals surface area contributed by atoms with Crippen molar-refractivity contribution in [1.29, 1.82) is 0 Å². The fourth-order valence-corrected chi connectivity index (χ4v) is 2.44. The smallest absolute Gasteiger partial charge is 0.324 e. The number of nitrogens with zero attached hydrogens (tertiary/aromatic N) is 2. The Bertz CT molecular complexity index is 460. The SMILES string of the molecule is CCOC(CN1CCN(c2ccc(Cl)cc2)C1=O)OCC. The maximum atomic E-state index is 12.4. The van der Waals surface area contributed by atoms with Crippen LogP contribution in [0.4, 0.5) is 10.5 Å². The number of halogens is 1. The lowest BCUT2D eigenvalue weighted by molar-refractivity contribution is -0.141. The fourth-order valence-electron chi connectivity index (χ4n) is 2.32. The van der Waals surface area contributed by atoms with Crippen LogP contribution >= 0.6 is 11.6 Å². The average Bonchev–Trinajstić information content (AvgIpc) is 2.82. The highest BCUT2D eigenvalue weighted by Gasteiger charge is 2.31.